The molecule has 1 aromatic heterocycles. The molecule has 32 heavy (non-hydrogen) atoms. The van der Waals surface area contributed by atoms with E-state index in [1.165, 1.54) is 17.4 Å². The average molecular weight is 517 g/mol. The average Bonchev–Trinajstić information content (AvgIpc) is 3.22. The summed E-state index contributed by atoms with van der Waals surface area (Å²) < 4.78 is 17.4. The predicted molar refractivity (Wildman–Crippen MR) is 133 cm³/mol. The van der Waals surface area contributed by atoms with Gasteiger partial charge in [-0.2, -0.15) is 0 Å². The van der Waals surface area contributed by atoms with Gasteiger partial charge in [-0.05, 0) is 84.7 Å². The van der Waals surface area contributed by atoms with Gasteiger partial charge < -0.3 is 14.2 Å². The van der Waals surface area contributed by atoms with Gasteiger partial charge in [-0.25, -0.2) is 4.98 Å². The number of carbonyl (C=O) groups is 1. The number of hydrogen-bond acceptors (Lipinski definition) is 6. The number of aromatic nitrogens is 1. The Morgan fingerprint density at radius 3 is 2.66 bits per heavy atom. The van der Waals surface area contributed by atoms with E-state index >= 15 is 0 Å². The van der Waals surface area contributed by atoms with Crippen LogP contribution in [-0.4, -0.2) is 30.7 Å². The number of ether oxygens (including phenoxy) is 3. The fourth-order valence-corrected chi connectivity index (χ4v) is 4.18. The third-order valence-electron chi connectivity index (χ3n) is 4.22. The maximum absolute atomic E-state index is 12.4. The van der Waals surface area contributed by atoms with Crippen LogP contribution < -0.4 is 19.5 Å². The lowest BCUT2D eigenvalue weighted by atomic mass is 10.2. The van der Waals surface area contributed by atoms with E-state index in [0.29, 0.717) is 23.2 Å². The number of anilines is 1. The van der Waals surface area contributed by atoms with E-state index in [9.17, 15) is 4.79 Å². The number of methoxy groups -OCH3 is 1. The van der Waals surface area contributed by atoms with Gasteiger partial charge in [-0.1, -0.05) is 0 Å². The molecule has 3 rings (SSSR count). The van der Waals surface area contributed by atoms with E-state index in [2.05, 4.69) is 26.2 Å². The van der Waals surface area contributed by atoms with Crippen LogP contribution >= 0.6 is 27.3 Å². The van der Waals surface area contributed by atoms with Crippen molar-refractivity contribution in [1.82, 2.24) is 4.98 Å². The molecule has 0 fully saturated rings. The quantitative estimate of drug-likeness (QED) is 0.332. The second-order valence-corrected chi connectivity index (χ2v) is 8.73. The molecular weight excluding hydrogens is 492 g/mol. The molecule has 0 atom stereocenters. The van der Waals surface area contributed by atoms with Gasteiger partial charge in [0.15, 0.2) is 16.6 Å². The molecular formula is C24H25BrN2O4S. The number of benzene rings is 2. The molecule has 0 aliphatic heterocycles. The summed E-state index contributed by atoms with van der Waals surface area (Å²) in [7, 11) is 1.58. The molecule has 0 saturated heterocycles. The smallest absolute Gasteiger partial charge is 0.250 e. The van der Waals surface area contributed by atoms with Gasteiger partial charge in [-0.3, -0.25) is 10.1 Å². The van der Waals surface area contributed by atoms with E-state index in [1.54, 1.807) is 13.2 Å². The summed E-state index contributed by atoms with van der Waals surface area (Å²) in [5.41, 5.74) is 2.56. The molecule has 0 unspecified atom stereocenters. The van der Waals surface area contributed by atoms with Crippen molar-refractivity contribution < 1.29 is 19.0 Å². The molecule has 1 heterocycles. The van der Waals surface area contributed by atoms with Crippen LogP contribution in [0.25, 0.3) is 17.3 Å². The second kappa shape index (κ2) is 11.2. The Hall–Kier alpha value is -2.84. The van der Waals surface area contributed by atoms with Crippen LogP contribution in [0, 0.1) is 0 Å². The van der Waals surface area contributed by atoms with Crippen molar-refractivity contribution in [3.8, 4) is 28.5 Å². The van der Waals surface area contributed by atoms with Crippen molar-refractivity contribution in [2.45, 2.75) is 26.9 Å². The monoisotopic (exact) mass is 516 g/mol. The van der Waals surface area contributed by atoms with Crippen LogP contribution in [-0.2, 0) is 4.79 Å². The minimum atomic E-state index is -0.268. The Labute approximate surface area is 200 Å². The van der Waals surface area contributed by atoms with Gasteiger partial charge in [0, 0.05) is 17.0 Å². The zero-order valence-electron chi connectivity index (χ0n) is 18.3. The van der Waals surface area contributed by atoms with Crippen LogP contribution in [0.4, 0.5) is 5.13 Å². The fourth-order valence-electron chi connectivity index (χ4n) is 2.88. The lowest BCUT2D eigenvalue weighted by molar-refractivity contribution is -0.111. The van der Waals surface area contributed by atoms with Gasteiger partial charge in [0.1, 0.15) is 5.75 Å². The fraction of sp³-hybridized carbons (Fsp3) is 0.250. The van der Waals surface area contributed by atoms with Gasteiger partial charge in [0.2, 0.25) is 5.91 Å². The minimum Gasteiger partial charge on any atom is -0.493 e. The first-order chi connectivity index (χ1) is 15.4. The van der Waals surface area contributed by atoms with Crippen LogP contribution in [0.15, 0.2) is 52.3 Å². The Morgan fingerprint density at radius 2 is 2.00 bits per heavy atom. The molecule has 0 saturated carbocycles. The minimum absolute atomic E-state index is 0.125. The summed E-state index contributed by atoms with van der Waals surface area (Å²) in [6.07, 6.45) is 3.29. The first-order valence-corrected chi connectivity index (χ1v) is 11.8. The van der Waals surface area contributed by atoms with Gasteiger partial charge in [0.25, 0.3) is 0 Å². The molecule has 0 aliphatic rings. The molecule has 6 nitrogen and oxygen atoms in total. The van der Waals surface area contributed by atoms with Crippen LogP contribution in [0.5, 0.6) is 17.2 Å². The number of amides is 1. The number of carbonyl (C=O) groups excluding carboxylic acids is 1. The van der Waals surface area contributed by atoms with Crippen molar-refractivity contribution in [2.75, 3.05) is 19.0 Å². The van der Waals surface area contributed by atoms with Crippen LogP contribution in [0.2, 0.25) is 0 Å². The molecule has 0 aliphatic carbocycles. The standard InChI is InChI=1S/C24H25BrN2O4S/c1-5-30-23-19(25)12-16(13-21(23)29-4)6-11-22(28)27-24-26-20(14-32-24)17-7-9-18(10-8-17)31-15(2)3/h6-15H,5H2,1-4H3,(H,26,27,28)/b11-6+. The lowest BCUT2D eigenvalue weighted by Gasteiger charge is -2.12. The molecule has 0 spiro atoms. The molecule has 1 amide bonds. The third kappa shape index (κ3) is 6.34. The molecule has 3 aromatic rings. The zero-order valence-corrected chi connectivity index (χ0v) is 20.7. The van der Waals surface area contributed by atoms with Crippen molar-refractivity contribution >= 4 is 44.4 Å². The largest absolute Gasteiger partial charge is 0.493 e. The summed E-state index contributed by atoms with van der Waals surface area (Å²) in [5, 5.41) is 5.24. The third-order valence-corrected chi connectivity index (χ3v) is 5.57. The summed E-state index contributed by atoms with van der Waals surface area (Å²) in [6, 6.07) is 11.4. The summed E-state index contributed by atoms with van der Waals surface area (Å²) in [6.45, 7) is 6.41. The molecule has 2 aromatic carbocycles. The Kier molecular flexibility index (Phi) is 8.30. The normalized spacial score (nSPS) is 11.1. The van der Waals surface area contributed by atoms with Crippen LogP contribution in [0.1, 0.15) is 26.3 Å². The summed E-state index contributed by atoms with van der Waals surface area (Å²) in [5.74, 6) is 1.78. The van der Waals surface area contributed by atoms with Crippen LogP contribution in [0.3, 0.4) is 0 Å². The highest BCUT2D eigenvalue weighted by Gasteiger charge is 2.11. The number of rotatable bonds is 9. The summed E-state index contributed by atoms with van der Waals surface area (Å²) >= 11 is 4.86. The zero-order chi connectivity index (χ0) is 23.1. The van der Waals surface area contributed by atoms with E-state index in [4.69, 9.17) is 14.2 Å². The van der Waals surface area contributed by atoms with E-state index in [1.807, 2.05) is 62.5 Å². The molecule has 0 radical (unpaired) electrons. The van der Waals surface area contributed by atoms with E-state index in [0.717, 1.165) is 27.0 Å². The van der Waals surface area contributed by atoms with Gasteiger partial charge in [-0.15, -0.1) is 11.3 Å². The SMILES string of the molecule is CCOc1c(Br)cc(/C=C/C(=O)Nc2nc(-c3ccc(OC(C)C)cc3)cs2)cc1OC. The van der Waals surface area contributed by atoms with Gasteiger partial charge >= 0.3 is 0 Å². The number of nitrogens with one attached hydrogen (secondary N) is 1. The molecule has 1 N–H and O–H groups in total. The van der Waals surface area contributed by atoms with Crippen molar-refractivity contribution in [2.24, 2.45) is 0 Å². The number of halogens is 1. The first kappa shape index (κ1) is 23.8. The lowest BCUT2D eigenvalue weighted by Crippen LogP contribution is -2.07. The first-order valence-electron chi connectivity index (χ1n) is 10.1. The Balaban J connectivity index is 1.65. The number of hydrogen-bond donors (Lipinski definition) is 1. The summed E-state index contributed by atoms with van der Waals surface area (Å²) in [4.78, 5) is 16.9. The number of thiazole rings is 1. The Bertz CT molecular complexity index is 1090. The van der Waals surface area contributed by atoms with Crippen molar-refractivity contribution in [3.05, 3.63) is 57.9 Å². The predicted octanol–water partition coefficient (Wildman–Crippen LogP) is 6.42. The second-order valence-electron chi connectivity index (χ2n) is 7.02. The van der Waals surface area contributed by atoms with Gasteiger partial charge in [0.05, 0.1) is 30.0 Å². The highest BCUT2D eigenvalue weighted by molar-refractivity contribution is 9.10. The maximum Gasteiger partial charge on any atom is 0.250 e. The van der Waals surface area contributed by atoms with Crippen molar-refractivity contribution in [1.29, 1.82) is 0 Å². The van der Waals surface area contributed by atoms with Crippen molar-refractivity contribution in [3.63, 3.8) is 0 Å². The molecule has 8 heteroatoms. The van der Waals surface area contributed by atoms with E-state index < -0.39 is 0 Å². The maximum atomic E-state index is 12.4. The molecule has 168 valence electrons. The Morgan fingerprint density at radius 1 is 1.25 bits per heavy atom. The topological polar surface area (TPSA) is 69.7 Å². The van der Waals surface area contributed by atoms with E-state index in [-0.39, 0.29) is 12.0 Å². The number of nitrogens with zero attached hydrogens (tertiary/aromatic N) is 1. The molecule has 0 bridgehead atoms. The highest BCUT2D eigenvalue weighted by Crippen LogP contribution is 2.37. The highest BCUT2D eigenvalue weighted by atomic mass is 79.9.